The fraction of sp³-hybridized carbons (Fsp3) is 0.882. The van der Waals surface area contributed by atoms with Crippen molar-refractivity contribution in [2.75, 3.05) is 13.2 Å². The van der Waals surface area contributed by atoms with Gasteiger partial charge in [0.25, 0.3) is 0 Å². The summed E-state index contributed by atoms with van der Waals surface area (Å²) in [5.41, 5.74) is -0.610. The third kappa shape index (κ3) is 7.68. The first-order chi connectivity index (χ1) is 10.7. The van der Waals surface area contributed by atoms with E-state index in [0.29, 0.717) is 19.6 Å². The minimum absolute atomic E-state index is 0.194. The molecule has 1 amide bonds. The highest BCUT2D eigenvalue weighted by atomic mass is 16.6. The van der Waals surface area contributed by atoms with E-state index in [2.05, 4.69) is 12.2 Å². The summed E-state index contributed by atoms with van der Waals surface area (Å²) in [5.74, 6) is -0.227. The summed E-state index contributed by atoms with van der Waals surface area (Å²) in [6, 6.07) is -0.739. The van der Waals surface area contributed by atoms with Crippen molar-refractivity contribution in [2.24, 2.45) is 5.92 Å². The number of carbonyl (C=O) groups is 2. The zero-order valence-electron chi connectivity index (χ0n) is 15.0. The number of ether oxygens (including phenoxy) is 3. The molecule has 1 saturated heterocycles. The van der Waals surface area contributed by atoms with E-state index in [-0.39, 0.29) is 12.0 Å². The molecule has 1 rings (SSSR count). The van der Waals surface area contributed by atoms with E-state index in [0.717, 1.165) is 19.3 Å². The smallest absolute Gasteiger partial charge is 0.408 e. The lowest BCUT2D eigenvalue weighted by atomic mass is 9.98. The van der Waals surface area contributed by atoms with Crippen LogP contribution in [0.1, 0.15) is 60.3 Å². The number of esters is 1. The van der Waals surface area contributed by atoms with Crippen LogP contribution >= 0.6 is 0 Å². The van der Waals surface area contributed by atoms with Crippen LogP contribution in [0, 0.1) is 5.92 Å². The summed E-state index contributed by atoms with van der Waals surface area (Å²) in [5, 5.41) is 2.58. The predicted octanol–water partition coefficient (Wildman–Crippen LogP) is 3.04. The molecule has 1 fully saturated rings. The first kappa shape index (κ1) is 19.7. The maximum atomic E-state index is 12.3. The normalized spacial score (nSPS) is 26.5. The average Bonchev–Trinajstić information content (AvgIpc) is 2.47. The molecular formula is C17H31NO5. The SMILES string of the molecule is CCCC[C@@H]1COCC[C@H](NC(=O)OC(C)(C)C)C(=O)O[C@H]1C. The van der Waals surface area contributed by atoms with Crippen LogP contribution in [0.5, 0.6) is 0 Å². The number of nitrogens with one attached hydrogen (secondary N) is 1. The Balaban J connectivity index is 2.63. The lowest BCUT2D eigenvalue weighted by Crippen LogP contribution is -2.45. The first-order valence-electron chi connectivity index (χ1n) is 8.50. The van der Waals surface area contributed by atoms with E-state index < -0.39 is 23.7 Å². The Labute approximate surface area is 139 Å². The van der Waals surface area contributed by atoms with Gasteiger partial charge in [0.2, 0.25) is 0 Å². The second-order valence-corrected chi connectivity index (χ2v) is 7.11. The highest BCUT2D eigenvalue weighted by Crippen LogP contribution is 2.19. The highest BCUT2D eigenvalue weighted by molar-refractivity contribution is 5.81. The monoisotopic (exact) mass is 329 g/mol. The fourth-order valence-electron chi connectivity index (χ4n) is 2.42. The summed E-state index contributed by atoms with van der Waals surface area (Å²) >= 11 is 0. The van der Waals surface area contributed by atoms with Crippen molar-refractivity contribution in [1.29, 1.82) is 0 Å². The van der Waals surface area contributed by atoms with E-state index in [1.165, 1.54) is 0 Å². The van der Waals surface area contributed by atoms with Crippen LogP contribution in [-0.2, 0) is 19.0 Å². The van der Waals surface area contributed by atoms with E-state index in [1.807, 2.05) is 6.92 Å². The van der Waals surface area contributed by atoms with Crippen molar-refractivity contribution >= 4 is 12.1 Å². The Hall–Kier alpha value is -1.30. The third-order valence-corrected chi connectivity index (χ3v) is 3.75. The minimum Gasteiger partial charge on any atom is -0.461 e. The molecule has 6 heteroatoms. The molecule has 0 aromatic heterocycles. The highest BCUT2D eigenvalue weighted by Gasteiger charge is 2.30. The minimum atomic E-state index is -0.739. The van der Waals surface area contributed by atoms with Gasteiger partial charge in [-0.2, -0.15) is 0 Å². The number of cyclic esters (lactones) is 1. The molecule has 1 N–H and O–H groups in total. The van der Waals surface area contributed by atoms with Gasteiger partial charge in [0.05, 0.1) is 6.61 Å². The molecule has 1 heterocycles. The number of rotatable bonds is 4. The number of unbranched alkanes of at least 4 members (excludes halogenated alkanes) is 1. The Bertz CT molecular complexity index is 391. The lowest BCUT2D eigenvalue weighted by molar-refractivity contribution is -0.153. The maximum Gasteiger partial charge on any atom is 0.408 e. The van der Waals surface area contributed by atoms with Gasteiger partial charge in [-0.15, -0.1) is 0 Å². The molecule has 1 aliphatic heterocycles. The molecule has 0 bridgehead atoms. The molecule has 0 unspecified atom stereocenters. The molecular weight excluding hydrogens is 298 g/mol. The van der Waals surface area contributed by atoms with Crippen molar-refractivity contribution < 1.29 is 23.8 Å². The standard InChI is InChI=1S/C17H31NO5/c1-6-7-8-13-11-21-10-9-14(15(19)22-12(13)2)18-16(20)23-17(3,4)5/h12-14H,6-11H2,1-5H3,(H,18,20)/t12-,13+,14-/m0/s1. The van der Waals surface area contributed by atoms with Crippen LogP contribution in [0.2, 0.25) is 0 Å². The summed E-state index contributed by atoms with van der Waals surface area (Å²) in [6.45, 7) is 10.3. The summed E-state index contributed by atoms with van der Waals surface area (Å²) in [7, 11) is 0. The van der Waals surface area contributed by atoms with Gasteiger partial charge in [-0.1, -0.05) is 19.8 Å². The lowest BCUT2D eigenvalue weighted by Gasteiger charge is -2.25. The molecule has 1 aliphatic rings. The zero-order valence-corrected chi connectivity index (χ0v) is 15.0. The van der Waals surface area contributed by atoms with Crippen molar-refractivity contribution in [3.8, 4) is 0 Å². The second-order valence-electron chi connectivity index (χ2n) is 7.11. The average molecular weight is 329 g/mol. The van der Waals surface area contributed by atoms with Crippen molar-refractivity contribution in [3.63, 3.8) is 0 Å². The van der Waals surface area contributed by atoms with E-state index >= 15 is 0 Å². The van der Waals surface area contributed by atoms with Gasteiger partial charge in [0.15, 0.2) is 0 Å². The Morgan fingerprint density at radius 2 is 2.09 bits per heavy atom. The first-order valence-corrected chi connectivity index (χ1v) is 8.50. The number of alkyl carbamates (subject to hydrolysis) is 1. The molecule has 0 aromatic rings. The van der Waals surface area contributed by atoms with E-state index in [4.69, 9.17) is 14.2 Å². The van der Waals surface area contributed by atoms with Crippen LogP contribution in [0.3, 0.4) is 0 Å². The van der Waals surface area contributed by atoms with Crippen LogP contribution in [0.4, 0.5) is 4.79 Å². The van der Waals surface area contributed by atoms with Gasteiger partial charge in [-0.05, 0) is 34.1 Å². The van der Waals surface area contributed by atoms with Crippen molar-refractivity contribution in [2.45, 2.75) is 78.0 Å². The molecule has 0 aliphatic carbocycles. The Morgan fingerprint density at radius 1 is 1.39 bits per heavy atom. The predicted molar refractivity (Wildman–Crippen MR) is 87.2 cm³/mol. The number of carbonyl (C=O) groups excluding carboxylic acids is 2. The molecule has 6 nitrogen and oxygen atoms in total. The molecule has 0 aromatic carbocycles. The van der Waals surface area contributed by atoms with Gasteiger partial charge in [0.1, 0.15) is 17.7 Å². The van der Waals surface area contributed by atoms with Gasteiger partial charge in [0, 0.05) is 18.9 Å². The van der Waals surface area contributed by atoms with Crippen molar-refractivity contribution in [3.05, 3.63) is 0 Å². The molecule has 0 spiro atoms. The van der Waals surface area contributed by atoms with E-state index in [9.17, 15) is 9.59 Å². The number of hydrogen-bond acceptors (Lipinski definition) is 5. The van der Waals surface area contributed by atoms with Crippen LogP contribution < -0.4 is 5.32 Å². The summed E-state index contributed by atoms with van der Waals surface area (Å²) in [6.07, 6.45) is 2.68. The maximum absolute atomic E-state index is 12.3. The Morgan fingerprint density at radius 3 is 2.70 bits per heavy atom. The van der Waals surface area contributed by atoms with Crippen molar-refractivity contribution in [1.82, 2.24) is 5.32 Å². The van der Waals surface area contributed by atoms with E-state index in [1.54, 1.807) is 20.8 Å². The largest absolute Gasteiger partial charge is 0.461 e. The third-order valence-electron chi connectivity index (χ3n) is 3.75. The Kier molecular flexibility index (Phi) is 7.82. The summed E-state index contributed by atoms with van der Waals surface area (Å²) < 4.78 is 16.4. The zero-order chi connectivity index (χ0) is 17.5. The molecule has 23 heavy (non-hydrogen) atoms. The topological polar surface area (TPSA) is 73.9 Å². The second kappa shape index (κ2) is 9.11. The molecule has 0 radical (unpaired) electrons. The van der Waals surface area contributed by atoms with Gasteiger partial charge < -0.3 is 19.5 Å². The number of hydrogen-bond donors (Lipinski definition) is 1. The van der Waals surface area contributed by atoms with Crippen LogP contribution in [-0.4, -0.2) is 43.0 Å². The quantitative estimate of drug-likeness (QED) is 0.803. The van der Waals surface area contributed by atoms with Gasteiger partial charge >= 0.3 is 12.1 Å². The van der Waals surface area contributed by atoms with Gasteiger partial charge in [-0.3, -0.25) is 0 Å². The molecule has 3 atom stereocenters. The molecule has 0 saturated carbocycles. The fourth-order valence-corrected chi connectivity index (χ4v) is 2.42. The number of amides is 1. The summed E-state index contributed by atoms with van der Waals surface area (Å²) in [4.78, 5) is 24.2. The van der Waals surface area contributed by atoms with Crippen LogP contribution in [0.15, 0.2) is 0 Å². The van der Waals surface area contributed by atoms with Gasteiger partial charge in [-0.25, -0.2) is 9.59 Å². The molecule has 134 valence electrons. The van der Waals surface area contributed by atoms with Crippen LogP contribution in [0.25, 0.3) is 0 Å².